The van der Waals surface area contributed by atoms with Crippen molar-refractivity contribution >= 4 is 23.9 Å². The lowest BCUT2D eigenvalue weighted by Gasteiger charge is -2.22. The summed E-state index contributed by atoms with van der Waals surface area (Å²) in [6.45, 7) is 1.98. The molecule has 3 rings (SSSR count). The molecule has 3 aromatic rings. The maximum Gasteiger partial charge on any atom is 0.330 e. The molecule has 2 atom stereocenters. The van der Waals surface area contributed by atoms with Gasteiger partial charge in [0.25, 0.3) is 0 Å². The van der Waals surface area contributed by atoms with Crippen LogP contribution in [0.1, 0.15) is 23.6 Å². The van der Waals surface area contributed by atoms with E-state index >= 15 is 0 Å². The van der Waals surface area contributed by atoms with E-state index in [-0.39, 0.29) is 18.9 Å². The Bertz CT molecular complexity index is 1340. The van der Waals surface area contributed by atoms with E-state index in [2.05, 4.69) is 10.6 Å². The molecular weight excluding hydrogens is 520 g/mol. The molecule has 3 aromatic carbocycles. The first-order valence-electron chi connectivity index (χ1n) is 13.4. The van der Waals surface area contributed by atoms with Crippen LogP contribution in [0.15, 0.2) is 97.1 Å². The summed E-state index contributed by atoms with van der Waals surface area (Å²) in [5, 5.41) is 5.82. The van der Waals surface area contributed by atoms with Gasteiger partial charge in [0, 0.05) is 30.2 Å². The highest BCUT2D eigenvalue weighted by Gasteiger charge is 2.23. The third-order valence-corrected chi connectivity index (χ3v) is 6.15. The minimum Gasteiger partial charge on any atom is -0.497 e. The average Bonchev–Trinajstić information content (AvgIpc) is 2.99. The lowest BCUT2D eigenvalue weighted by atomic mass is 10.0. The van der Waals surface area contributed by atoms with Crippen molar-refractivity contribution < 1.29 is 28.6 Å². The molecule has 41 heavy (non-hydrogen) atoms. The third kappa shape index (κ3) is 10.3. The number of ether oxygens (including phenoxy) is 3. The van der Waals surface area contributed by atoms with E-state index < -0.39 is 24.0 Å². The molecule has 0 aliphatic heterocycles. The Morgan fingerprint density at radius 2 is 1.46 bits per heavy atom. The Balaban J connectivity index is 1.80. The van der Waals surface area contributed by atoms with E-state index in [1.165, 1.54) is 19.3 Å². The number of methoxy groups -OCH3 is 2. The molecule has 0 aliphatic carbocycles. The summed E-state index contributed by atoms with van der Waals surface area (Å²) in [6.07, 6.45) is 6.62. The minimum absolute atomic E-state index is 0.250. The largest absolute Gasteiger partial charge is 0.497 e. The molecule has 2 amide bonds. The number of benzene rings is 3. The van der Waals surface area contributed by atoms with Crippen molar-refractivity contribution in [2.24, 2.45) is 0 Å². The number of hydrogen-bond donors (Lipinski definition) is 2. The number of carbonyl (C=O) groups is 3. The van der Waals surface area contributed by atoms with Crippen LogP contribution in [0, 0.1) is 0 Å². The zero-order valence-corrected chi connectivity index (χ0v) is 23.5. The van der Waals surface area contributed by atoms with Crippen LogP contribution in [0.5, 0.6) is 11.5 Å². The second-order valence-corrected chi connectivity index (χ2v) is 9.11. The van der Waals surface area contributed by atoms with E-state index in [4.69, 9.17) is 14.2 Å². The molecule has 2 unspecified atom stereocenters. The van der Waals surface area contributed by atoms with Gasteiger partial charge in [0.1, 0.15) is 17.5 Å². The van der Waals surface area contributed by atoms with E-state index in [1.54, 1.807) is 44.4 Å². The van der Waals surface area contributed by atoms with Gasteiger partial charge < -0.3 is 24.8 Å². The zero-order chi connectivity index (χ0) is 29.5. The van der Waals surface area contributed by atoms with E-state index in [1.807, 2.05) is 60.7 Å². The third-order valence-electron chi connectivity index (χ3n) is 6.15. The number of amides is 2. The van der Waals surface area contributed by atoms with Crippen molar-refractivity contribution in [3.8, 4) is 11.5 Å². The first-order chi connectivity index (χ1) is 19.9. The maximum atomic E-state index is 13.6. The topological polar surface area (TPSA) is 103 Å². The zero-order valence-electron chi connectivity index (χ0n) is 23.5. The fourth-order valence-corrected chi connectivity index (χ4v) is 4.10. The summed E-state index contributed by atoms with van der Waals surface area (Å²) in [4.78, 5) is 38.5. The van der Waals surface area contributed by atoms with Crippen LogP contribution < -0.4 is 20.1 Å². The number of hydrogen-bond acceptors (Lipinski definition) is 6. The lowest BCUT2D eigenvalue weighted by Crippen LogP contribution is -2.50. The van der Waals surface area contributed by atoms with Crippen LogP contribution in [0.25, 0.3) is 6.08 Å². The van der Waals surface area contributed by atoms with Crippen LogP contribution in [-0.2, 0) is 32.0 Å². The molecule has 0 aromatic heterocycles. The molecule has 0 spiro atoms. The van der Waals surface area contributed by atoms with E-state index in [0.717, 1.165) is 11.1 Å². The SMILES string of the molecule is CCOC(=O)/C=C/C(Cc1ccccc1)NC(=O)C(Cc1ccccc1)NC(=O)/C=C/c1ccc(OC)cc1OC. The molecular formula is C33H36N2O6. The van der Waals surface area contributed by atoms with Gasteiger partial charge in [-0.2, -0.15) is 0 Å². The van der Waals surface area contributed by atoms with Crippen LogP contribution in [0.3, 0.4) is 0 Å². The summed E-state index contributed by atoms with van der Waals surface area (Å²) in [7, 11) is 3.10. The van der Waals surface area contributed by atoms with Gasteiger partial charge in [-0.25, -0.2) is 4.79 Å². The van der Waals surface area contributed by atoms with Crippen LogP contribution >= 0.6 is 0 Å². The quantitative estimate of drug-likeness (QED) is 0.227. The lowest BCUT2D eigenvalue weighted by molar-refractivity contribution is -0.137. The highest BCUT2D eigenvalue weighted by atomic mass is 16.5. The maximum absolute atomic E-state index is 13.6. The van der Waals surface area contributed by atoms with Crippen LogP contribution in [0.4, 0.5) is 0 Å². The smallest absolute Gasteiger partial charge is 0.330 e. The number of esters is 1. The Kier molecular flexibility index (Phi) is 12.2. The minimum atomic E-state index is -0.874. The molecule has 0 heterocycles. The Morgan fingerprint density at radius 3 is 2.07 bits per heavy atom. The second kappa shape index (κ2) is 16.3. The van der Waals surface area contributed by atoms with E-state index in [0.29, 0.717) is 23.5 Å². The number of rotatable bonds is 14. The van der Waals surface area contributed by atoms with Crippen LogP contribution in [-0.4, -0.2) is 50.7 Å². The normalized spacial score (nSPS) is 12.5. The number of nitrogens with one attached hydrogen (secondary N) is 2. The molecule has 8 heteroatoms. The predicted octanol–water partition coefficient (Wildman–Crippen LogP) is 4.29. The van der Waals surface area contributed by atoms with Crippen molar-refractivity contribution in [3.05, 3.63) is 114 Å². The van der Waals surface area contributed by atoms with Crippen LogP contribution in [0.2, 0.25) is 0 Å². The standard InChI is InChI=1S/C33H36N2O6/c1-4-41-32(37)20-17-27(21-24-11-7-5-8-12-24)34-33(38)29(22-25-13-9-6-10-14-25)35-31(36)19-16-26-15-18-28(39-2)23-30(26)40-3/h5-20,23,27,29H,4,21-22H2,1-3H3,(H,34,38)(H,35,36)/b19-16+,20-17+. The molecule has 0 aliphatic rings. The van der Waals surface area contributed by atoms with Gasteiger partial charge >= 0.3 is 5.97 Å². The Morgan fingerprint density at radius 1 is 0.805 bits per heavy atom. The van der Waals surface area contributed by atoms with Gasteiger partial charge in [-0.1, -0.05) is 66.7 Å². The first-order valence-corrected chi connectivity index (χ1v) is 13.4. The fourth-order valence-electron chi connectivity index (χ4n) is 4.10. The molecule has 0 saturated carbocycles. The van der Waals surface area contributed by atoms with Crippen molar-refractivity contribution in [1.82, 2.24) is 10.6 Å². The Labute approximate surface area is 241 Å². The average molecular weight is 557 g/mol. The fraction of sp³-hybridized carbons (Fsp3) is 0.242. The predicted molar refractivity (Wildman–Crippen MR) is 159 cm³/mol. The van der Waals surface area contributed by atoms with Crippen molar-refractivity contribution in [2.45, 2.75) is 31.8 Å². The first kappa shape index (κ1) is 30.7. The van der Waals surface area contributed by atoms with Gasteiger partial charge in [0.15, 0.2) is 0 Å². The summed E-state index contributed by atoms with van der Waals surface area (Å²) in [5.74, 6) is -0.144. The van der Waals surface area contributed by atoms with Crippen molar-refractivity contribution in [3.63, 3.8) is 0 Å². The molecule has 0 fully saturated rings. The van der Waals surface area contributed by atoms with Gasteiger partial charge in [0.2, 0.25) is 11.8 Å². The molecule has 0 saturated heterocycles. The van der Waals surface area contributed by atoms with Crippen molar-refractivity contribution in [2.75, 3.05) is 20.8 Å². The molecule has 0 bridgehead atoms. The highest BCUT2D eigenvalue weighted by Crippen LogP contribution is 2.25. The Hall–Kier alpha value is -4.85. The molecule has 8 nitrogen and oxygen atoms in total. The van der Waals surface area contributed by atoms with E-state index in [9.17, 15) is 14.4 Å². The summed E-state index contributed by atoms with van der Waals surface area (Å²) in [5.41, 5.74) is 2.54. The van der Waals surface area contributed by atoms with Gasteiger partial charge in [0.05, 0.1) is 26.9 Å². The highest BCUT2D eigenvalue weighted by molar-refractivity contribution is 5.96. The molecule has 2 N–H and O–H groups in total. The van der Waals surface area contributed by atoms with Gasteiger partial charge in [-0.05, 0) is 42.7 Å². The van der Waals surface area contributed by atoms with Gasteiger partial charge in [-0.15, -0.1) is 0 Å². The summed E-state index contributed by atoms with van der Waals surface area (Å²) < 4.78 is 15.6. The molecule has 0 radical (unpaired) electrons. The molecule has 214 valence electrons. The number of carbonyl (C=O) groups excluding carboxylic acids is 3. The summed E-state index contributed by atoms with van der Waals surface area (Å²) >= 11 is 0. The second-order valence-electron chi connectivity index (χ2n) is 9.11. The van der Waals surface area contributed by atoms with Gasteiger partial charge in [-0.3, -0.25) is 9.59 Å². The summed E-state index contributed by atoms with van der Waals surface area (Å²) in [6, 6.07) is 22.9. The van der Waals surface area contributed by atoms with Crippen molar-refractivity contribution in [1.29, 1.82) is 0 Å². The monoisotopic (exact) mass is 556 g/mol.